The molecule has 4 rings (SSSR count). The molecule has 32 heavy (non-hydrogen) atoms. The Balaban J connectivity index is 1.27. The first-order valence-corrected chi connectivity index (χ1v) is 13.0. The fourth-order valence-electron chi connectivity index (χ4n) is 3.50. The molecule has 2 nitrogen and oxygen atoms in total. The number of ether oxygens (including phenoxy) is 1. The minimum absolute atomic E-state index is 0.0334. The Hall–Kier alpha value is -2.31. The van der Waals surface area contributed by atoms with Crippen molar-refractivity contribution >= 4 is 27.5 Å². The van der Waals surface area contributed by atoms with E-state index in [0.29, 0.717) is 5.25 Å². The van der Waals surface area contributed by atoms with Crippen molar-refractivity contribution < 1.29 is 13.5 Å². The molecule has 0 saturated heterocycles. The van der Waals surface area contributed by atoms with Crippen LogP contribution in [0.3, 0.4) is 0 Å². The van der Waals surface area contributed by atoms with Crippen LogP contribution in [0, 0.1) is 11.6 Å². The topological polar surface area (TPSA) is 21.6 Å². The molecule has 0 amide bonds. The first-order valence-electron chi connectivity index (χ1n) is 10.7. The quantitative estimate of drug-likeness (QED) is 0.305. The van der Waals surface area contributed by atoms with Crippen molar-refractivity contribution in [2.45, 2.75) is 36.8 Å². The van der Waals surface area contributed by atoms with E-state index in [1.165, 1.54) is 29.3 Å². The summed E-state index contributed by atoms with van der Waals surface area (Å²) in [5.41, 5.74) is 3.42. The van der Waals surface area contributed by atoms with Gasteiger partial charge in [0, 0.05) is 11.0 Å². The Morgan fingerprint density at radius 3 is 2.38 bits per heavy atom. The van der Waals surface area contributed by atoms with Crippen LogP contribution < -0.4 is 0 Å². The van der Waals surface area contributed by atoms with Crippen LogP contribution in [0.2, 0.25) is 0 Å². The van der Waals surface area contributed by atoms with Crippen molar-refractivity contribution in [3.63, 3.8) is 0 Å². The average molecular weight is 470 g/mol. The molecule has 0 aliphatic carbocycles. The summed E-state index contributed by atoms with van der Waals surface area (Å²) in [6.45, 7) is 2.56. The largest absolute Gasteiger partial charge is 0.475 e. The summed E-state index contributed by atoms with van der Waals surface area (Å²) in [5, 5.41) is 0.585. The number of nitrogens with zero attached hydrogens (tertiary/aromatic N) is 1. The van der Waals surface area contributed by atoms with E-state index in [1.54, 1.807) is 0 Å². The molecule has 0 N–H and O–H groups in total. The average Bonchev–Trinajstić information content (AvgIpc) is 3.28. The lowest BCUT2D eigenvalue weighted by molar-refractivity contribution is 0.317. The zero-order valence-electron chi connectivity index (χ0n) is 17.8. The zero-order chi connectivity index (χ0) is 22.3. The van der Waals surface area contributed by atoms with Gasteiger partial charge in [0.15, 0.2) is 0 Å². The molecule has 0 radical (unpaired) electrons. The maximum absolute atomic E-state index is 14.0. The Bertz CT molecular complexity index is 1040. The van der Waals surface area contributed by atoms with E-state index in [1.807, 2.05) is 33.7 Å². The summed E-state index contributed by atoms with van der Waals surface area (Å²) in [7, 11) is 3.79. The number of rotatable bonds is 9. The van der Waals surface area contributed by atoms with Crippen LogP contribution in [0.5, 0.6) is 0 Å². The van der Waals surface area contributed by atoms with Crippen LogP contribution in [0.15, 0.2) is 77.8 Å². The second-order valence-electron chi connectivity index (χ2n) is 7.79. The molecule has 2 unspecified atom stereocenters. The van der Waals surface area contributed by atoms with Crippen molar-refractivity contribution in [3.05, 3.63) is 107 Å². The van der Waals surface area contributed by atoms with E-state index in [-0.39, 0.29) is 24.1 Å². The lowest BCUT2D eigenvalue weighted by atomic mass is 10.1. The van der Waals surface area contributed by atoms with Gasteiger partial charge in [-0.05, 0) is 41.7 Å². The number of hydrogen-bond acceptors (Lipinski definition) is 4. The molecule has 166 valence electrons. The highest BCUT2D eigenvalue weighted by Gasteiger charge is 2.26. The van der Waals surface area contributed by atoms with Gasteiger partial charge >= 0.3 is 0 Å². The minimum atomic E-state index is -0.660. The Labute approximate surface area is 195 Å². The Morgan fingerprint density at radius 1 is 0.938 bits per heavy atom. The van der Waals surface area contributed by atoms with E-state index >= 15 is 0 Å². The van der Waals surface area contributed by atoms with Gasteiger partial charge in [0.25, 0.3) is 0 Å². The molecule has 0 spiro atoms. The fourth-order valence-corrected chi connectivity index (χ4v) is 5.94. The van der Waals surface area contributed by atoms with Crippen LogP contribution in [-0.4, -0.2) is 17.8 Å². The minimum Gasteiger partial charge on any atom is -0.475 e. The van der Waals surface area contributed by atoms with Crippen LogP contribution >= 0.6 is 21.6 Å². The maximum atomic E-state index is 14.0. The van der Waals surface area contributed by atoms with E-state index < -0.39 is 11.6 Å². The van der Waals surface area contributed by atoms with Gasteiger partial charge in [-0.1, -0.05) is 89.2 Å². The van der Waals surface area contributed by atoms with Gasteiger partial charge in [-0.2, -0.15) is 0 Å². The molecule has 0 aromatic heterocycles. The third-order valence-corrected chi connectivity index (χ3v) is 8.23. The summed E-state index contributed by atoms with van der Waals surface area (Å²) >= 11 is 0. The predicted molar refractivity (Wildman–Crippen MR) is 131 cm³/mol. The van der Waals surface area contributed by atoms with Crippen molar-refractivity contribution in [2.75, 3.05) is 6.61 Å². The van der Waals surface area contributed by atoms with Gasteiger partial charge in [-0.3, -0.25) is 0 Å². The normalized spacial score (nSPS) is 16.5. The zero-order valence-corrected chi connectivity index (χ0v) is 19.5. The van der Waals surface area contributed by atoms with Gasteiger partial charge < -0.3 is 4.74 Å². The second-order valence-corrected chi connectivity index (χ2v) is 10.6. The molecule has 3 aromatic rings. The van der Waals surface area contributed by atoms with Crippen molar-refractivity contribution in [3.8, 4) is 0 Å². The molecule has 0 fully saturated rings. The van der Waals surface area contributed by atoms with Crippen LogP contribution in [0.1, 0.15) is 41.6 Å². The monoisotopic (exact) mass is 469 g/mol. The lowest BCUT2D eigenvalue weighted by Gasteiger charge is -2.11. The highest BCUT2D eigenvalue weighted by Crippen LogP contribution is 2.33. The Kier molecular flexibility index (Phi) is 7.87. The van der Waals surface area contributed by atoms with Crippen LogP contribution in [0.25, 0.3) is 0 Å². The SMILES string of the molecule is CC(CCc1ccccc1)SSCc1ccc(C2COC(c3c(F)cccc3F)=N2)cc1. The first kappa shape index (κ1) is 22.9. The van der Waals surface area contributed by atoms with Gasteiger partial charge in [-0.25, -0.2) is 13.8 Å². The van der Waals surface area contributed by atoms with E-state index in [9.17, 15) is 8.78 Å². The molecule has 3 aromatic carbocycles. The molecule has 0 saturated carbocycles. The molecule has 1 aliphatic heterocycles. The van der Waals surface area contributed by atoms with Gasteiger partial charge in [0.05, 0.1) is 0 Å². The molecule has 6 heteroatoms. The molecular weight excluding hydrogens is 444 g/mol. The van der Waals surface area contributed by atoms with Crippen molar-refractivity contribution in [1.82, 2.24) is 0 Å². The van der Waals surface area contributed by atoms with Gasteiger partial charge in [0.1, 0.15) is 29.8 Å². The number of benzene rings is 3. The number of hydrogen-bond donors (Lipinski definition) is 0. The van der Waals surface area contributed by atoms with E-state index in [4.69, 9.17) is 4.74 Å². The smallest absolute Gasteiger partial charge is 0.222 e. The van der Waals surface area contributed by atoms with Crippen molar-refractivity contribution in [2.24, 2.45) is 4.99 Å². The summed E-state index contributed by atoms with van der Waals surface area (Å²) in [5.74, 6) is -0.359. The fraction of sp³-hybridized carbons (Fsp3) is 0.269. The summed E-state index contributed by atoms with van der Waals surface area (Å²) in [6, 6.07) is 22.3. The van der Waals surface area contributed by atoms with E-state index in [0.717, 1.165) is 24.2 Å². The molecule has 0 bridgehead atoms. The number of aryl methyl sites for hydroxylation is 1. The second kappa shape index (κ2) is 11.0. The van der Waals surface area contributed by atoms with Gasteiger partial charge in [0.2, 0.25) is 5.90 Å². The summed E-state index contributed by atoms with van der Waals surface area (Å²) in [4.78, 5) is 4.42. The highest BCUT2D eigenvalue weighted by atomic mass is 33.1. The summed E-state index contributed by atoms with van der Waals surface area (Å²) < 4.78 is 33.5. The highest BCUT2D eigenvalue weighted by molar-refractivity contribution is 8.76. The van der Waals surface area contributed by atoms with E-state index in [2.05, 4.69) is 54.4 Å². The van der Waals surface area contributed by atoms with Crippen molar-refractivity contribution in [1.29, 1.82) is 0 Å². The van der Waals surface area contributed by atoms with Crippen LogP contribution in [0.4, 0.5) is 8.78 Å². The predicted octanol–water partition coefficient (Wildman–Crippen LogP) is 7.39. The number of aliphatic imine (C=N–C) groups is 1. The first-order chi connectivity index (χ1) is 15.6. The molecule has 2 atom stereocenters. The lowest BCUT2D eigenvalue weighted by Crippen LogP contribution is -2.07. The molecule has 1 heterocycles. The van der Waals surface area contributed by atoms with Crippen LogP contribution in [-0.2, 0) is 16.9 Å². The molecular formula is C26H25F2NOS2. The molecule has 1 aliphatic rings. The Morgan fingerprint density at radius 2 is 1.66 bits per heavy atom. The summed E-state index contributed by atoms with van der Waals surface area (Å²) in [6.07, 6.45) is 2.26. The number of halogens is 2. The third-order valence-electron chi connectivity index (χ3n) is 5.33. The third kappa shape index (κ3) is 5.93. The maximum Gasteiger partial charge on any atom is 0.222 e. The standard InChI is InChI=1S/C26H25F2NOS2/c1-18(10-11-19-6-3-2-4-7-19)32-31-17-20-12-14-21(15-13-20)24-16-30-26(29-24)25-22(27)8-5-9-23(25)28/h2-9,12-15,18,24H,10-11,16-17H2,1H3. The van der Waals surface area contributed by atoms with Gasteiger partial charge in [-0.15, -0.1) is 0 Å².